The van der Waals surface area contributed by atoms with Crippen LogP contribution in [-0.2, 0) is 0 Å². The van der Waals surface area contributed by atoms with E-state index in [1.807, 2.05) is 42.0 Å². The van der Waals surface area contributed by atoms with E-state index in [1.54, 1.807) is 23.1 Å². The van der Waals surface area contributed by atoms with E-state index in [4.69, 9.17) is 0 Å². The summed E-state index contributed by atoms with van der Waals surface area (Å²) in [5.41, 5.74) is 1.83. The topological polar surface area (TPSA) is 58.0 Å². The molecule has 6 heteroatoms. The van der Waals surface area contributed by atoms with Crippen LogP contribution < -0.4 is 5.32 Å². The van der Waals surface area contributed by atoms with Gasteiger partial charge in [0.15, 0.2) is 0 Å². The van der Waals surface area contributed by atoms with E-state index in [9.17, 15) is 5.11 Å². The molecule has 4 nitrogen and oxygen atoms in total. The van der Waals surface area contributed by atoms with Crippen molar-refractivity contribution in [3.8, 4) is 0 Å². The monoisotopic (exact) mass is 317 g/mol. The van der Waals surface area contributed by atoms with Crippen LogP contribution in [0.25, 0.3) is 10.2 Å². The number of nitrogens with zero attached hydrogens (tertiary/aromatic N) is 2. The molecule has 2 aromatic heterocycles. The summed E-state index contributed by atoms with van der Waals surface area (Å²) in [7, 11) is 0. The Hall–Kier alpha value is -1.63. The van der Waals surface area contributed by atoms with Crippen molar-refractivity contribution >= 4 is 39.1 Å². The number of fused-ring (bicyclic) bond motifs is 1. The lowest BCUT2D eigenvalue weighted by atomic mass is 10.1. The molecule has 3 rings (SSSR count). The molecule has 0 fully saturated rings. The lowest BCUT2D eigenvalue weighted by molar-refractivity contribution is 0.191. The fraction of sp³-hybridized carbons (Fsp3) is 0.200. The number of anilines is 1. The number of hydrogen-bond donors (Lipinski definition) is 2. The van der Waals surface area contributed by atoms with Crippen molar-refractivity contribution in [3.05, 3.63) is 47.6 Å². The Morgan fingerprint density at radius 2 is 2.05 bits per heavy atom. The maximum atomic E-state index is 10.3. The summed E-state index contributed by atoms with van der Waals surface area (Å²) in [6.07, 6.45) is 3.01. The maximum absolute atomic E-state index is 10.3. The fourth-order valence-electron chi connectivity index (χ4n) is 2.05. The van der Waals surface area contributed by atoms with Crippen molar-refractivity contribution in [1.29, 1.82) is 0 Å². The second-order valence-electron chi connectivity index (χ2n) is 4.53. The molecule has 0 saturated heterocycles. The largest absolute Gasteiger partial charge is 0.387 e. The number of aliphatic hydroxyl groups is 1. The van der Waals surface area contributed by atoms with Gasteiger partial charge in [-0.15, -0.1) is 23.1 Å². The highest BCUT2D eigenvalue weighted by Gasteiger charge is 2.10. The summed E-state index contributed by atoms with van der Waals surface area (Å²) in [5, 5.41) is 15.5. The van der Waals surface area contributed by atoms with Crippen LogP contribution >= 0.6 is 23.1 Å². The molecule has 0 bridgehead atoms. The van der Waals surface area contributed by atoms with Gasteiger partial charge in [-0.25, -0.2) is 9.97 Å². The molecular weight excluding hydrogens is 302 g/mol. The van der Waals surface area contributed by atoms with Crippen molar-refractivity contribution in [2.24, 2.45) is 0 Å². The molecule has 0 aliphatic rings. The first-order valence-corrected chi connectivity index (χ1v) is 8.62. The smallest absolute Gasteiger partial charge is 0.147 e. The SMILES string of the molecule is CSc1ccc(C(O)CNc2ncnc3ccsc23)cc1. The lowest BCUT2D eigenvalue weighted by Gasteiger charge is -2.13. The predicted molar refractivity (Wildman–Crippen MR) is 89.1 cm³/mol. The Bertz CT molecular complexity index is 727. The second-order valence-corrected chi connectivity index (χ2v) is 6.32. The maximum Gasteiger partial charge on any atom is 0.147 e. The quantitative estimate of drug-likeness (QED) is 0.705. The molecule has 3 aromatic rings. The summed E-state index contributed by atoms with van der Waals surface area (Å²) < 4.78 is 1.02. The van der Waals surface area contributed by atoms with Crippen LogP contribution in [0.15, 0.2) is 46.9 Å². The van der Waals surface area contributed by atoms with E-state index in [-0.39, 0.29) is 0 Å². The Kier molecular flexibility index (Phi) is 4.38. The minimum absolute atomic E-state index is 0.419. The minimum atomic E-state index is -0.564. The van der Waals surface area contributed by atoms with Gasteiger partial charge in [0.05, 0.1) is 16.3 Å². The van der Waals surface area contributed by atoms with Crippen LogP contribution in [0.4, 0.5) is 5.82 Å². The number of rotatable bonds is 5. The number of aromatic nitrogens is 2. The standard InChI is InChI=1S/C15H15N3OS2/c1-20-11-4-2-10(3-5-11)13(19)8-16-15-14-12(6-7-21-14)17-9-18-15/h2-7,9,13,19H,8H2,1H3,(H,16,17,18). The Balaban J connectivity index is 1.70. The summed E-state index contributed by atoms with van der Waals surface area (Å²) in [5.74, 6) is 0.773. The van der Waals surface area contributed by atoms with Gasteiger partial charge in [-0.2, -0.15) is 0 Å². The molecule has 21 heavy (non-hydrogen) atoms. The van der Waals surface area contributed by atoms with Crippen molar-refractivity contribution in [2.75, 3.05) is 18.1 Å². The molecule has 0 saturated carbocycles. The normalized spacial score (nSPS) is 12.5. The first-order valence-electron chi connectivity index (χ1n) is 6.52. The molecule has 0 spiro atoms. The molecule has 2 heterocycles. The summed E-state index contributed by atoms with van der Waals surface area (Å²) in [4.78, 5) is 9.64. The van der Waals surface area contributed by atoms with E-state index < -0.39 is 6.10 Å². The summed E-state index contributed by atoms with van der Waals surface area (Å²) >= 11 is 3.28. The third-order valence-corrected chi connectivity index (χ3v) is 4.86. The molecule has 1 atom stereocenters. The molecule has 0 aliphatic carbocycles. The predicted octanol–water partition coefficient (Wildman–Crippen LogP) is 3.56. The van der Waals surface area contributed by atoms with Crippen molar-refractivity contribution < 1.29 is 5.11 Å². The van der Waals surface area contributed by atoms with Gasteiger partial charge in [0.25, 0.3) is 0 Å². The molecule has 0 radical (unpaired) electrons. The number of thioether (sulfide) groups is 1. The number of aliphatic hydroxyl groups excluding tert-OH is 1. The van der Waals surface area contributed by atoms with Gasteiger partial charge in [0, 0.05) is 11.4 Å². The number of hydrogen-bond acceptors (Lipinski definition) is 6. The van der Waals surface area contributed by atoms with Gasteiger partial charge in [0.1, 0.15) is 12.1 Å². The van der Waals surface area contributed by atoms with Gasteiger partial charge in [-0.05, 0) is 35.4 Å². The van der Waals surface area contributed by atoms with E-state index in [2.05, 4.69) is 15.3 Å². The molecule has 0 amide bonds. The highest BCUT2D eigenvalue weighted by molar-refractivity contribution is 7.98. The average molecular weight is 317 g/mol. The zero-order valence-corrected chi connectivity index (χ0v) is 13.1. The number of benzene rings is 1. The van der Waals surface area contributed by atoms with Crippen LogP contribution in [0, 0.1) is 0 Å². The van der Waals surface area contributed by atoms with Crippen molar-refractivity contribution in [1.82, 2.24) is 9.97 Å². The van der Waals surface area contributed by atoms with Gasteiger partial charge in [-0.1, -0.05) is 12.1 Å². The Morgan fingerprint density at radius 3 is 2.81 bits per heavy atom. The van der Waals surface area contributed by atoms with Crippen LogP contribution in [0.1, 0.15) is 11.7 Å². The summed E-state index contributed by atoms with van der Waals surface area (Å²) in [6.45, 7) is 0.419. The minimum Gasteiger partial charge on any atom is -0.387 e. The van der Waals surface area contributed by atoms with Gasteiger partial charge in [-0.3, -0.25) is 0 Å². The first-order chi connectivity index (χ1) is 10.3. The second kappa shape index (κ2) is 6.43. The fourth-order valence-corrected chi connectivity index (χ4v) is 3.27. The molecule has 1 unspecified atom stereocenters. The van der Waals surface area contributed by atoms with E-state index in [0.717, 1.165) is 21.6 Å². The Labute approximate surface area is 131 Å². The first kappa shape index (κ1) is 14.3. The number of nitrogens with one attached hydrogen (secondary N) is 1. The molecular formula is C15H15N3OS2. The van der Waals surface area contributed by atoms with Crippen molar-refractivity contribution in [3.63, 3.8) is 0 Å². The molecule has 108 valence electrons. The number of thiophene rings is 1. The molecule has 1 aromatic carbocycles. The van der Waals surface area contributed by atoms with Crippen molar-refractivity contribution in [2.45, 2.75) is 11.0 Å². The Morgan fingerprint density at radius 1 is 1.24 bits per heavy atom. The zero-order valence-electron chi connectivity index (χ0n) is 11.5. The van der Waals surface area contributed by atoms with E-state index >= 15 is 0 Å². The van der Waals surface area contributed by atoms with Gasteiger partial charge >= 0.3 is 0 Å². The summed E-state index contributed by atoms with van der Waals surface area (Å²) in [6, 6.07) is 9.92. The zero-order chi connectivity index (χ0) is 14.7. The third-order valence-electron chi connectivity index (χ3n) is 3.21. The van der Waals surface area contributed by atoms with E-state index in [0.29, 0.717) is 6.54 Å². The van der Waals surface area contributed by atoms with Crippen LogP contribution in [0.3, 0.4) is 0 Å². The highest BCUT2D eigenvalue weighted by atomic mass is 32.2. The molecule has 0 aliphatic heterocycles. The van der Waals surface area contributed by atoms with E-state index in [1.165, 1.54) is 11.2 Å². The van der Waals surface area contributed by atoms with Crippen LogP contribution in [0.2, 0.25) is 0 Å². The van der Waals surface area contributed by atoms with Crippen LogP contribution in [-0.4, -0.2) is 27.9 Å². The lowest BCUT2D eigenvalue weighted by Crippen LogP contribution is -2.13. The van der Waals surface area contributed by atoms with Crippen LogP contribution in [0.5, 0.6) is 0 Å². The van der Waals surface area contributed by atoms with Gasteiger partial charge in [0.2, 0.25) is 0 Å². The average Bonchev–Trinajstić information content (AvgIpc) is 3.02. The van der Waals surface area contributed by atoms with Gasteiger partial charge < -0.3 is 10.4 Å². The molecule has 2 N–H and O–H groups in total. The third kappa shape index (κ3) is 3.18. The highest BCUT2D eigenvalue weighted by Crippen LogP contribution is 2.25.